The quantitative estimate of drug-likeness (QED) is 0.717. The van der Waals surface area contributed by atoms with Crippen LogP contribution in [0, 0.1) is 0 Å². The molecule has 0 bridgehead atoms. The van der Waals surface area contributed by atoms with Crippen LogP contribution in [-0.2, 0) is 9.59 Å². The van der Waals surface area contributed by atoms with Gasteiger partial charge in [0.2, 0.25) is 11.8 Å². The molecule has 0 fully saturated rings. The van der Waals surface area contributed by atoms with E-state index in [0.29, 0.717) is 0 Å². The first-order valence-electron chi connectivity index (χ1n) is 6.00. The Morgan fingerprint density at radius 1 is 1.17 bits per heavy atom. The maximum absolute atomic E-state index is 11.6. The Labute approximate surface area is 107 Å². The Morgan fingerprint density at radius 3 is 2.44 bits per heavy atom. The van der Waals surface area contributed by atoms with Gasteiger partial charge in [0.15, 0.2) is 0 Å². The summed E-state index contributed by atoms with van der Waals surface area (Å²) < 4.78 is 0. The third-order valence-electron chi connectivity index (χ3n) is 2.26. The summed E-state index contributed by atoms with van der Waals surface area (Å²) in [5.74, 6) is -0.460. The number of carbonyl (C=O) groups excluding carboxylic acids is 2. The van der Waals surface area contributed by atoms with E-state index in [0.717, 1.165) is 24.3 Å². The Morgan fingerprint density at radius 2 is 1.83 bits per heavy atom. The van der Waals surface area contributed by atoms with Crippen LogP contribution in [0.2, 0.25) is 0 Å². The molecule has 18 heavy (non-hydrogen) atoms. The van der Waals surface area contributed by atoms with Crippen molar-refractivity contribution in [1.29, 1.82) is 0 Å². The Hall–Kier alpha value is -2.04. The summed E-state index contributed by atoms with van der Waals surface area (Å²) in [6.45, 7) is 4.28. The van der Waals surface area contributed by atoms with Gasteiger partial charge in [0.1, 0.15) is 0 Å². The molecule has 0 saturated carbocycles. The zero-order valence-corrected chi connectivity index (χ0v) is 10.7. The molecular formula is C13H19N3O2. The molecule has 0 unspecified atom stereocenters. The molecule has 98 valence electrons. The largest absolute Gasteiger partial charge is 0.383 e. The lowest BCUT2D eigenvalue weighted by atomic mass is 10.2. The van der Waals surface area contributed by atoms with Crippen molar-refractivity contribution in [3.8, 4) is 0 Å². The highest BCUT2D eigenvalue weighted by Crippen LogP contribution is 2.20. The standard InChI is InChI=1S/C13H19N3O2/c1-3-8-14-11-6-4-5-7-12(11)16-13(18)9-15-10(2)17/h4-7,14H,3,8-9H2,1-2H3,(H,15,17)(H,16,18). The van der Waals surface area contributed by atoms with Gasteiger partial charge >= 0.3 is 0 Å². The Bertz CT molecular complexity index is 418. The first kappa shape index (κ1) is 14.0. The summed E-state index contributed by atoms with van der Waals surface area (Å²) >= 11 is 0. The van der Waals surface area contributed by atoms with Gasteiger partial charge in [0.25, 0.3) is 0 Å². The van der Waals surface area contributed by atoms with Crippen molar-refractivity contribution in [2.75, 3.05) is 23.7 Å². The summed E-state index contributed by atoms with van der Waals surface area (Å²) in [5.41, 5.74) is 1.61. The van der Waals surface area contributed by atoms with Crippen LogP contribution in [0.25, 0.3) is 0 Å². The molecule has 0 saturated heterocycles. The Balaban J connectivity index is 2.59. The van der Waals surface area contributed by atoms with E-state index in [1.807, 2.05) is 24.3 Å². The van der Waals surface area contributed by atoms with Crippen molar-refractivity contribution in [2.24, 2.45) is 0 Å². The summed E-state index contributed by atoms with van der Waals surface area (Å²) in [4.78, 5) is 22.3. The maximum atomic E-state index is 11.6. The first-order valence-corrected chi connectivity index (χ1v) is 6.00. The number of hydrogen-bond acceptors (Lipinski definition) is 3. The molecule has 0 spiro atoms. The molecule has 2 amide bonds. The van der Waals surface area contributed by atoms with Crippen LogP contribution in [0.4, 0.5) is 11.4 Å². The van der Waals surface area contributed by atoms with Crippen LogP contribution >= 0.6 is 0 Å². The summed E-state index contributed by atoms with van der Waals surface area (Å²) in [6.07, 6.45) is 1.01. The van der Waals surface area contributed by atoms with E-state index < -0.39 is 0 Å². The van der Waals surface area contributed by atoms with Crippen molar-refractivity contribution in [3.63, 3.8) is 0 Å². The second-order valence-electron chi connectivity index (χ2n) is 3.93. The topological polar surface area (TPSA) is 70.2 Å². The van der Waals surface area contributed by atoms with Gasteiger partial charge in [-0.2, -0.15) is 0 Å². The minimum atomic E-state index is -0.240. The number of amides is 2. The predicted molar refractivity (Wildman–Crippen MR) is 72.5 cm³/mol. The van der Waals surface area contributed by atoms with Crippen molar-refractivity contribution in [2.45, 2.75) is 20.3 Å². The van der Waals surface area contributed by atoms with Crippen LogP contribution in [0.1, 0.15) is 20.3 Å². The van der Waals surface area contributed by atoms with Gasteiger partial charge < -0.3 is 16.0 Å². The number of carbonyl (C=O) groups is 2. The lowest BCUT2D eigenvalue weighted by molar-refractivity contribution is -0.122. The highest BCUT2D eigenvalue weighted by atomic mass is 16.2. The lowest BCUT2D eigenvalue weighted by Crippen LogP contribution is -2.31. The normalized spacial score (nSPS) is 9.67. The molecule has 3 N–H and O–H groups in total. The van der Waals surface area contributed by atoms with Crippen LogP contribution in [0.15, 0.2) is 24.3 Å². The van der Waals surface area contributed by atoms with Gasteiger partial charge in [-0.15, -0.1) is 0 Å². The highest BCUT2D eigenvalue weighted by molar-refractivity contribution is 5.96. The fourth-order valence-corrected chi connectivity index (χ4v) is 1.41. The molecule has 0 aliphatic rings. The minimum absolute atomic E-state index is 0.0164. The summed E-state index contributed by atoms with van der Waals surface area (Å²) in [7, 11) is 0. The molecule has 0 atom stereocenters. The number of benzene rings is 1. The smallest absolute Gasteiger partial charge is 0.243 e. The molecule has 0 heterocycles. The van der Waals surface area contributed by atoms with Crippen LogP contribution < -0.4 is 16.0 Å². The molecule has 0 aliphatic heterocycles. The van der Waals surface area contributed by atoms with Gasteiger partial charge in [-0.05, 0) is 18.6 Å². The maximum Gasteiger partial charge on any atom is 0.243 e. The van der Waals surface area contributed by atoms with Gasteiger partial charge in [-0.25, -0.2) is 0 Å². The number of nitrogens with one attached hydrogen (secondary N) is 3. The molecule has 1 rings (SSSR count). The van der Waals surface area contributed by atoms with Crippen molar-refractivity contribution < 1.29 is 9.59 Å². The predicted octanol–water partition coefficient (Wildman–Crippen LogP) is 1.58. The van der Waals surface area contributed by atoms with E-state index in [9.17, 15) is 9.59 Å². The van der Waals surface area contributed by atoms with E-state index in [1.54, 1.807) is 0 Å². The van der Waals surface area contributed by atoms with Crippen molar-refractivity contribution >= 4 is 23.2 Å². The zero-order valence-electron chi connectivity index (χ0n) is 10.7. The van der Waals surface area contributed by atoms with E-state index in [2.05, 4.69) is 22.9 Å². The molecule has 5 heteroatoms. The summed E-state index contributed by atoms with van der Waals surface area (Å²) in [6, 6.07) is 7.49. The average molecular weight is 249 g/mol. The van der Waals surface area contributed by atoms with E-state index in [1.165, 1.54) is 6.92 Å². The second-order valence-corrected chi connectivity index (χ2v) is 3.93. The fraction of sp³-hybridized carbons (Fsp3) is 0.385. The second kappa shape index (κ2) is 7.32. The summed E-state index contributed by atoms with van der Waals surface area (Å²) in [5, 5.41) is 8.45. The Kier molecular flexibility index (Phi) is 5.70. The van der Waals surface area contributed by atoms with Gasteiger partial charge in [-0.1, -0.05) is 19.1 Å². The van der Waals surface area contributed by atoms with Gasteiger partial charge in [0, 0.05) is 13.5 Å². The number of para-hydroxylation sites is 2. The first-order chi connectivity index (χ1) is 8.63. The van der Waals surface area contributed by atoms with Crippen molar-refractivity contribution in [3.05, 3.63) is 24.3 Å². The third kappa shape index (κ3) is 4.86. The monoisotopic (exact) mass is 249 g/mol. The molecule has 0 aliphatic carbocycles. The van der Waals surface area contributed by atoms with Crippen LogP contribution in [0.5, 0.6) is 0 Å². The van der Waals surface area contributed by atoms with Gasteiger partial charge in [0.05, 0.1) is 17.9 Å². The zero-order chi connectivity index (χ0) is 13.4. The molecule has 1 aromatic rings. The van der Waals surface area contributed by atoms with Gasteiger partial charge in [-0.3, -0.25) is 9.59 Å². The molecule has 5 nitrogen and oxygen atoms in total. The van der Waals surface area contributed by atoms with E-state index in [-0.39, 0.29) is 18.4 Å². The minimum Gasteiger partial charge on any atom is -0.383 e. The van der Waals surface area contributed by atoms with Crippen molar-refractivity contribution in [1.82, 2.24) is 5.32 Å². The highest BCUT2D eigenvalue weighted by Gasteiger charge is 2.06. The van der Waals surface area contributed by atoms with Crippen LogP contribution in [0.3, 0.4) is 0 Å². The van der Waals surface area contributed by atoms with Crippen LogP contribution in [-0.4, -0.2) is 24.9 Å². The average Bonchev–Trinajstić information content (AvgIpc) is 2.35. The number of hydrogen-bond donors (Lipinski definition) is 3. The molecular weight excluding hydrogens is 230 g/mol. The fourth-order valence-electron chi connectivity index (χ4n) is 1.41. The molecule has 0 radical (unpaired) electrons. The molecule has 1 aromatic carbocycles. The number of rotatable bonds is 6. The van der Waals surface area contributed by atoms with E-state index >= 15 is 0 Å². The SMILES string of the molecule is CCCNc1ccccc1NC(=O)CNC(C)=O. The van der Waals surface area contributed by atoms with E-state index in [4.69, 9.17) is 0 Å². The lowest BCUT2D eigenvalue weighted by Gasteiger charge is -2.12. The third-order valence-corrected chi connectivity index (χ3v) is 2.26. The number of anilines is 2. The molecule has 0 aromatic heterocycles.